The van der Waals surface area contributed by atoms with Crippen LogP contribution >= 0.6 is 0 Å². The van der Waals surface area contributed by atoms with E-state index < -0.39 is 22.4 Å². The number of aromatic nitrogens is 2. The van der Waals surface area contributed by atoms with Crippen molar-refractivity contribution >= 4 is 39.5 Å². The first-order valence-electron chi connectivity index (χ1n) is 9.01. The molecule has 0 unspecified atom stereocenters. The van der Waals surface area contributed by atoms with Crippen LogP contribution in [0.5, 0.6) is 0 Å². The van der Waals surface area contributed by atoms with E-state index in [1.54, 1.807) is 12.1 Å². The number of anilines is 4. The molecular weight excluding hydrogens is 411 g/mol. The molecule has 0 spiro atoms. The van der Waals surface area contributed by atoms with Crippen molar-refractivity contribution in [3.8, 4) is 0 Å². The van der Waals surface area contributed by atoms with Gasteiger partial charge in [-0.1, -0.05) is 42.5 Å². The van der Waals surface area contributed by atoms with Crippen LogP contribution < -0.4 is 10.6 Å². The molecule has 2 N–H and O–H groups in total. The highest BCUT2D eigenvalue weighted by molar-refractivity contribution is 5.96. The molecule has 0 saturated heterocycles. The van der Waals surface area contributed by atoms with E-state index >= 15 is 0 Å². The average Bonchev–Trinajstić information content (AvgIpc) is 2.73. The summed E-state index contributed by atoms with van der Waals surface area (Å²) in [5, 5.41) is 19.1. The van der Waals surface area contributed by atoms with Gasteiger partial charge in [0, 0.05) is 16.8 Å². The van der Waals surface area contributed by atoms with Crippen molar-refractivity contribution < 1.29 is 18.1 Å². The van der Waals surface area contributed by atoms with Crippen LogP contribution in [0, 0.1) is 10.1 Å². The minimum Gasteiger partial charge on any atom is -0.334 e. The Morgan fingerprint density at radius 3 is 2.29 bits per heavy atom. The molecule has 1 aromatic heterocycles. The van der Waals surface area contributed by atoms with Gasteiger partial charge in [0.15, 0.2) is 0 Å². The second-order valence-electron chi connectivity index (χ2n) is 6.53. The van der Waals surface area contributed by atoms with Crippen LogP contribution in [0.2, 0.25) is 0 Å². The number of nitro groups is 1. The largest absolute Gasteiger partial charge is 0.416 e. The maximum Gasteiger partial charge on any atom is 0.416 e. The Kier molecular flexibility index (Phi) is 5.12. The Morgan fingerprint density at radius 1 is 0.871 bits per heavy atom. The molecule has 1 heterocycles. The number of rotatable bonds is 5. The highest BCUT2D eigenvalue weighted by Gasteiger charge is 2.31. The molecule has 7 nitrogen and oxygen atoms in total. The van der Waals surface area contributed by atoms with Crippen LogP contribution in [0.3, 0.4) is 0 Å². The van der Waals surface area contributed by atoms with E-state index in [0.717, 1.165) is 29.2 Å². The summed E-state index contributed by atoms with van der Waals surface area (Å²) in [6.45, 7) is 0. The van der Waals surface area contributed by atoms with Crippen LogP contribution in [0.15, 0.2) is 73.1 Å². The van der Waals surface area contributed by atoms with Gasteiger partial charge in [0.1, 0.15) is 6.33 Å². The van der Waals surface area contributed by atoms with Gasteiger partial charge in [-0.25, -0.2) is 9.97 Å². The molecule has 10 heteroatoms. The maximum atomic E-state index is 13.0. The molecule has 0 saturated carbocycles. The van der Waals surface area contributed by atoms with E-state index in [1.165, 1.54) is 12.1 Å². The number of hydrogen-bond donors (Lipinski definition) is 2. The van der Waals surface area contributed by atoms with Crippen LogP contribution in [0.25, 0.3) is 10.8 Å². The third-order valence-electron chi connectivity index (χ3n) is 4.50. The molecule has 4 aromatic rings. The SMILES string of the molecule is O=[N+]([O-])c1c(Nc2cccc(C(F)(F)F)c2)ncnc1Nc1cccc2ccccc12. The first-order chi connectivity index (χ1) is 14.8. The van der Waals surface area contributed by atoms with Crippen molar-refractivity contribution in [1.29, 1.82) is 0 Å². The third-order valence-corrected chi connectivity index (χ3v) is 4.50. The lowest BCUT2D eigenvalue weighted by molar-refractivity contribution is -0.383. The molecule has 0 aliphatic rings. The smallest absolute Gasteiger partial charge is 0.334 e. The Balaban J connectivity index is 1.73. The van der Waals surface area contributed by atoms with E-state index in [-0.39, 0.29) is 17.3 Å². The van der Waals surface area contributed by atoms with E-state index in [9.17, 15) is 23.3 Å². The predicted octanol–water partition coefficient (Wildman–Crippen LogP) is 6.04. The standard InChI is InChI=1S/C21H14F3N5O2/c22-21(23,24)14-7-4-8-15(11-14)27-19-18(29(30)31)20(26-12-25-19)28-17-10-3-6-13-5-1-2-9-16(13)17/h1-12H,(H2,25,26,27,28). The lowest BCUT2D eigenvalue weighted by Gasteiger charge is -2.13. The molecule has 0 fully saturated rings. The van der Waals surface area contributed by atoms with Gasteiger partial charge in [0.25, 0.3) is 0 Å². The summed E-state index contributed by atoms with van der Waals surface area (Å²) in [4.78, 5) is 18.9. The minimum atomic E-state index is -4.55. The molecule has 156 valence electrons. The van der Waals surface area contributed by atoms with E-state index in [0.29, 0.717) is 5.69 Å². The summed E-state index contributed by atoms with van der Waals surface area (Å²) in [5.41, 5.74) is -0.784. The zero-order valence-corrected chi connectivity index (χ0v) is 15.7. The van der Waals surface area contributed by atoms with Crippen LogP contribution in [-0.4, -0.2) is 14.9 Å². The molecular formula is C21H14F3N5O2. The van der Waals surface area contributed by atoms with E-state index in [1.807, 2.05) is 30.3 Å². The fraction of sp³-hybridized carbons (Fsp3) is 0.0476. The van der Waals surface area contributed by atoms with Crippen LogP contribution in [0.4, 0.5) is 41.9 Å². The summed E-state index contributed by atoms with van der Waals surface area (Å²) >= 11 is 0. The summed E-state index contributed by atoms with van der Waals surface area (Å²) in [5.74, 6) is -0.326. The van der Waals surface area contributed by atoms with Gasteiger partial charge in [0.05, 0.1) is 10.5 Å². The Bertz CT molecular complexity index is 1270. The van der Waals surface area contributed by atoms with Crippen molar-refractivity contribution in [2.75, 3.05) is 10.6 Å². The topological polar surface area (TPSA) is 93.0 Å². The van der Waals surface area contributed by atoms with Crippen molar-refractivity contribution in [2.24, 2.45) is 0 Å². The molecule has 0 bridgehead atoms. The number of nitrogens with one attached hydrogen (secondary N) is 2. The second-order valence-corrected chi connectivity index (χ2v) is 6.53. The first kappa shape index (κ1) is 20.1. The third kappa shape index (κ3) is 4.22. The normalized spacial score (nSPS) is 11.3. The summed E-state index contributed by atoms with van der Waals surface area (Å²) in [6, 6.07) is 17.2. The van der Waals surface area contributed by atoms with Crippen molar-refractivity contribution in [3.63, 3.8) is 0 Å². The van der Waals surface area contributed by atoms with Gasteiger partial charge in [-0.2, -0.15) is 13.2 Å². The van der Waals surface area contributed by atoms with Gasteiger partial charge in [-0.3, -0.25) is 10.1 Å². The quantitative estimate of drug-likeness (QED) is 0.299. The molecule has 4 rings (SSSR count). The fourth-order valence-corrected chi connectivity index (χ4v) is 3.11. The number of hydrogen-bond acceptors (Lipinski definition) is 6. The van der Waals surface area contributed by atoms with Crippen molar-refractivity contribution in [3.05, 3.63) is 88.7 Å². The average molecular weight is 425 g/mol. The second kappa shape index (κ2) is 7.90. The molecule has 3 aromatic carbocycles. The van der Waals surface area contributed by atoms with Gasteiger partial charge in [0.2, 0.25) is 11.6 Å². The van der Waals surface area contributed by atoms with Gasteiger partial charge < -0.3 is 10.6 Å². The monoisotopic (exact) mass is 425 g/mol. The Morgan fingerprint density at radius 2 is 1.55 bits per heavy atom. The highest BCUT2D eigenvalue weighted by atomic mass is 19.4. The van der Waals surface area contributed by atoms with Gasteiger partial charge >= 0.3 is 11.9 Å². The summed E-state index contributed by atoms with van der Waals surface area (Å²) in [7, 11) is 0. The Labute approximate surface area is 173 Å². The number of benzene rings is 3. The van der Waals surface area contributed by atoms with E-state index in [2.05, 4.69) is 20.6 Å². The summed E-state index contributed by atoms with van der Waals surface area (Å²) in [6.07, 6.45) is -3.45. The van der Waals surface area contributed by atoms with Crippen molar-refractivity contribution in [1.82, 2.24) is 9.97 Å². The molecule has 0 radical (unpaired) electrons. The molecule has 0 aliphatic carbocycles. The first-order valence-corrected chi connectivity index (χ1v) is 9.01. The zero-order valence-electron chi connectivity index (χ0n) is 15.7. The molecule has 0 aliphatic heterocycles. The molecule has 31 heavy (non-hydrogen) atoms. The maximum absolute atomic E-state index is 13.0. The van der Waals surface area contributed by atoms with Gasteiger partial charge in [-0.05, 0) is 29.7 Å². The minimum absolute atomic E-state index is 0.00716. The highest BCUT2D eigenvalue weighted by Crippen LogP contribution is 2.36. The zero-order chi connectivity index (χ0) is 22.0. The predicted molar refractivity (Wildman–Crippen MR) is 111 cm³/mol. The Hall–Kier alpha value is -4.21. The fourth-order valence-electron chi connectivity index (χ4n) is 3.11. The summed E-state index contributed by atoms with van der Waals surface area (Å²) < 4.78 is 38.9. The number of alkyl halides is 3. The lowest BCUT2D eigenvalue weighted by atomic mass is 10.1. The van der Waals surface area contributed by atoms with Gasteiger partial charge in [-0.15, -0.1) is 0 Å². The van der Waals surface area contributed by atoms with Crippen molar-refractivity contribution in [2.45, 2.75) is 6.18 Å². The molecule has 0 amide bonds. The lowest BCUT2D eigenvalue weighted by Crippen LogP contribution is -2.07. The van der Waals surface area contributed by atoms with E-state index in [4.69, 9.17) is 0 Å². The number of nitrogens with zero attached hydrogens (tertiary/aromatic N) is 3. The van der Waals surface area contributed by atoms with Crippen LogP contribution in [0.1, 0.15) is 5.56 Å². The molecule has 0 atom stereocenters. The number of halogens is 3. The van der Waals surface area contributed by atoms with Crippen LogP contribution in [-0.2, 0) is 6.18 Å². The number of fused-ring (bicyclic) bond motifs is 1.